The van der Waals surface area contributed by atoms with Crippen molar-refractivity contribution in [3.63, 3.8) is 0 Å². The Labute approximate surface area is 439 Å². The first-order valence-electron chi connectivity index (χ1n) is 23.8. The fourth-order valence-corrected chi connectivity index (χ4v) is 10.1. The van der Waals surface area contributed by atoms with Crippen molar-refractivity contribution in [2.45, 2.75) is 106 Å². The summed E-state index contributed by atoms with van der Waals surface area (Å²) in [5.74, 6) is -10.7. The zero-order chi connectivity index (χ0) is 55.2. The molecule has 20 N–H and O–H groups in total. The van der Waals surface area contributed by atoms with Gasteiger partial charge in [0.1, 0.15) is 48.0 Å². The van der Waals surface area contributed by atoms with E-state index in [1.807, 2.05) is 0 Å². The molecule has 0 spiro atoms. The third-order valence-corrected chi connectivity index (χ3v) is 14.1. The minimum Gasteiger partial charge on any atom is -0.508 e. The highest BCUT2D eigenvalue weighted by molar-refractivity contribution is 8.76. The summed E-state index contributed by atoms with van der Waals surface area (Å²) in [6.07, 6.45) is -1.37. The molecule has 0 aliphatic carbocycles. The molecule has 2 heterocycles. The Morgan fingerprint density at radius 1 is 0.707 bits per heavy atom. The van der Waals surface area contributed by atoms with Crippen LogP contribution in [-0.4, -0.2) is 160 Å². The molecule has 1 unspecified atom stereocenters. The topological polar surface area (TPSA) is 461 Å². The number of primary amides is 3. The van der Waals surface area contributed by atoms with Gasteiger partial charge in [-0.05, 0) is 55.4 Å². The molecule has 408 valence electrons. The molecule has 2 aliphatic heterocycles. The van der Waals surface area contributed by atoms with Gasteiger partial charge < -0.3 is 81.2 Å². The fourth-order valence-electron chi connectivity index (χ4n) is 7.82. The Hall–Kier alpha value is -7.66. The van der Waals surface area contributed by atoms with E-state index in [4.69, 9.17) is 34.1 Å². The first kappa shape index (κ1) is 59.9. The summed E-state index contributed by atoms with van der Waals surface area (Å²) in [6, 6.07) is 2.79. The molecular weight excluding hydrogens is 1020 g/mol. The summed E-state index contributed by atoms with van der Waals surface area (Å²) in [4.78, 5) is 149. The molecule has 2 aliphatic rings. The lowest BCUT2D eigenvalue weighted by molar-refractivity contribution is -0.142. The van der Waals surface area contributed by atoms with Crippen LogP contribution in [0.2, 0.25) is 0 Å². The number of guanidine groups is 1. The maximum Gasteiger partial charge on any atom is 0.246 e. The van der Waals surface area contributed by atoms with Crippen molar-refractivity contribution in [2.24, 2.45) is 28.7 Å². The van der Waals surface area contributed by atoms with E-state index in [0.717, 1.165) is 21.6 Å². The van der Waals surface area contributed by atoms with E-state index in [0.29, 0.717) is 17.5 Å². The van der Waals surface area contributed by atoms with Crippen LogP contribution in [0.1, 0.15) is 56.1 Å². The van der Waals surface area contributed by atoms with Gasteiger partial charge in [0.2, 0.25) is 65.0 Å². The molecule has 75 heavy (non-hydrogen) atoms. The highest BCUT2D eigenvalue weighted by atomic mass is 33.1. The molecule has 2 fully saturated rings. The molecule has 0 radical (unpaired) electrons. The minimum atomic E-state index is -1.80. The first-order chi connectivity index (χ1) is 35.6. The van der Waals surface area contributed by atoms with E-state index in [1.54, 1.807) is 30.3 Å². The van der Waals surface area contributed by atoms with Crippen molar-refractivity contribution in [1.82, 2.24) is 47.4 Å². The average molecular weight is 1080 g/mol. The molecule has 2 saturated heterocycles. The SMILES string of the molecule is N=C(N)NCCC[C@H](NC(=O)[C@@H]1CCCN1C(=O)C1CSSC[C@H](N)C(=O)N[C@@H](Cc2ccc(O)cc2)C(=O)N[C@@H](Cc2ccccc2)C(=O)N[C@@H](CCC(N)=O)C(=O)N[C@@H](CC(N)=O)C(=O)N1)C(=O)NCC(N)=O. The summed E-state index contributed by atoms with van der Waals surface area (Å²) in [6.45, 7) is -0.384. The number of hydrogen-bond acceptors (Lipinski definition) is 16. The molecule has 0 saturated carbocycles. The van der Waals surface area contributed by atoms with Crippen LogP contribution < -0.4 is 71.2 Å². The van der Waals surface area contributed by atoms with Crippen LogP contribution in [-0.2, 0) is 65.6 Å². The summed E-state index contributed by atoms with van der Waals surface area (Å²) in [7, 11) is 1.99. The molecule has 11 amide bonds. The fraction of sp³-hybridized carbons (Fsp3) is 0.478. The number of benzene rings is 2. The Balaban J connectivity index is 1.70. The Morgan fingerprint density at radius 2 is 1.28 bits per heavy atom. The number of hydrogen-bond donors (Lipinski definition) is 15. The highest BCUT2D eigenvalue weighted by Crippen LogP contribution is 2.26. The summed E-state index contributed by atoms with van der Waals surface area (Å²) >= 11 is 0. The second-order valence-electron chi connectivity index (χ2n) is 17.6. The zero-order valence-electron chi connectivity index (χ0n) is 40.8. The molecule has 2 aromatic rings. The van der Waals surface area contributed by atoms with Gasteiger partial charge in [-0.3, -0.25) is 58.1 Å². The summed E-state index contributed by atoms with van der Waals surface area (Å²) in [5, 5.41) is 37.6. The lowest BCUT2D eigenvalue weighted by atomic mass is 10.0. The number of aromatic hydroxyl groups is 1. The van der Waals surface area contributed by atoms with Crippen LogP contribution >= 0.6 is 21.6 Å². The summed E-state index contributed by atoms with van der Waals surface area (Å²) in [5.41, 5.74) is 28.9. The molecule has 2 aromatic carbocycles. The molecular formula is C46H65N15O12S2. The molecule has 29 heteroatoms. The van der Waals surface area contributed by atoms with Crippen molar-refractivity contribution in [3.05, 3.63) is 65.7 Å². The van der Waals surface area contributed by atoms with E-state index in [1.165, 1.54) is 29.2 Å². The highest BCUT2D eigenvalue weighted by Gasteiger charge is 2.40. The van der Waals surface area contributed by atoms with Crippen LogP contribution in [0.3, 0.4) is 0 Å². The molecule has 27 nitrogen and oxygen atoms in total. The van der Waals surface area contributed by atoms with Gasteiger partial charge in [0, 0.05) is 43.9 Å². The third-order valence-electron chi connectivity index (χ3n) is 11.7. The number of nitrogens with zero attached hydrogens (tertiary/aromatic N) is 1. The maximum atomic E-state index is 14.6. The predicted octanol–water partition coefficient (Wildman–Crippen LogP) is -5.19. The standard InChI is InChI=1S/C46H65N15O12S2/c47-27-22-74-75-23-33(45(73)61-17-5-9-34(61)44(72)56-28(8-4-16-53-46(51)52)39(67)54-21-37(50)65)60-43(71)32(20-36(49)64)59-40(68)29(14-15-35(48)63)55-41(69)31(18-24-6-2-1-3-7-24)58-42(70)30(57-38(27)66)19-25-10-12-26(62)13-11-25/h1-3,6-7,10-13,27-34,62H,4-5,8-9,14-23,47H2,(H2,48,63)(H2,49,64)(H2,50,65)(H,54,67)(H,55,69)(H,56,72)(H,57,66)(H,58,70)(H,59,68)(H,60,71)(H4,51,52,53)/t27-,28-,29-,30-,31-,32-,33?,34-/m0/s1. The molecule has 0 aromatic heterocycles. The van der Waals surface area contributed by atoms with E-state index < -0.39 is 139 Å². The third kappa shape index (κ3) is 20.3. The van der Waals surface area contributed by atoms with Crippen molar-refractivity contribution >= 4 is 92.5 Å². The number of rotatable bonds is 19. The largest absolute Gasteiger partial charge is 0.508 e. The quantitative estimate of drug-likeness (QED) is 0.0271. The lowest BCUT2D eigenvalue weighted by Crippen LogP contribution is -2.61. The second kappa shape index (κ2) is 29.9. The van der Waals surface area contributed by atoms with Gasteiger partial charge in [-0.25, -0.2) is 0 Å². The van der Waals surface area contributed by atoms with Crippen LogP contribution in [0.25, 0.3) is 0 Å². The van der Waals surface area contributed by atoms with Gasteiger partial charge in [0.25, 0.3) is 0 Å². The van der Waals surface area contributed by atoms with Crippen molar-refractivity contribution in [3.8, 4) is 5.75 Å². The van der Waals surface area contributed by atoms with Gasteiger partial charge in [-0.15, -0.1) is 0 Å². The van der Waals surface area contributed by atoms with Crippen LogP contribution in [0.15, 0.2) is 54.6 Å². The number of likely N-dealkylation sites (tertiary alicyclic amines) is 1. The van der Waals surface area contributed by atoms with Crippen LogP contribution in [0, 0.1) is 5.41 Å². The summed E-state index contributed by atoms with van der Waals surface area (Å²) < 4.78 is 0. The number of nitrogens with two attached hydrogens (primary N) is 5. The van der Waals surface area contributed by atoms with E-state index in [9.17, 15) is 57.8 Å². The van der Waals surface area contributed by atoms with Gasteiger partial charge in [-0.1, -0.05) is 64.1 Å². The van der Waals surface area contributed by atoms with Gasteiger partial charge >= 0.3 is 0 Å². The van der Waals surface area contributed by atoms with E-state index >= 15 is 0 Å². The van der Waals surface area contributed by atoms with Gasteiger partial charge in [0.05, 0.1) is 19.0 Å². The minimum absolute atomic E-state index is 0.0000609. The number of carbonyl (C=O) groups excluding carboxylic acids is 11. The van der Waals surface area contributed by atoms with Crippen molar-refractivity contribution < 1.29 is 57.8 Å². The number of nitrogens with one attached hydrogen (secondary N) is 9. The molecule has 8 atom stereocenters. The van der Waals surface area contributed by atoms with Crippen molar-refractivity contribution in [1.29, 1.82) is 5.41 Å². The smallest absolute Gasteiger partial charge is 0.246 e. The van der Waals surface area contributed by atoms with E-state index in [2.05, 4.69) is 42.5 Å². The zero-order valence-corrected chi connectivity index (χ0v) is 42.4. The number of amides is 11. The Kier molecular flexibility index (Phi) is 23.9. The normalized spacial score (nSPS) is 22.6. The van der Waals surface area contributed by atoms with Gasteiger partial charge in [0.15, 0.2) is 5.96 Å². The van der Waals surface area contributed by atoms with E-state index in [-0.39, 0.29) is 68.4 Å². The lowest BCUT2D eigenvalue weighted by Gasteiger charge is -2.31. The average Bonchev–Trinajstić information content (AvgIpc) is 3.86. The molecule has 0 bridgehead atoms. The molecule has 4 rings (SSSR count). The Morgan fingerprint density at radius 3 is 1.89 bits per heavy atom. The maximum absolute atomic E-state index is 14.6. The number of phenolic OH excluding ortho intramolecular Hbond substituents is 1. The predicted molar refractivity (Wildman–Crippen MR) is 275 cm³/mol. The monoisotopic (exact) mass is 1080 g/mol. The second-order valence-corrected chi connectivity index (χ2v) is 20.2. The first-order valence-corrected chi connectivity index (χ1v) is 26.3. The number of carbonyl (C=O) groups is 11. The van der Waals surface area contributed by atoms with Crippen LogP contribution in [0.4, 0.5) is 0 Å². The van der Waals surface area contributed by atoms with Gasteiger partial charge in [-0.2, -0.15) is 0 Å². The number of phenols is 1. The Bertz CT molecular complexity index is 2400. The van der Waals surface area contributed by atoms with Crippen molar-refractivity contribution in [2.75, 3.05) is 31.1 Å². The van der Waals surface area contributed by atoms with Crippen LogP contribution in [0.5, 0.6) is 5.75 Å².